The third-order valence-corrected chi connectivity index (χ3v) is 6.32. The van der Waals surface area contributed by atoms with E-state index in [4.69, 9.17) is 0 Å². The van der Waals surface area contributed by atoms with Gasteiger partial charge in [0.25, 0.3) is 15.9 Å². The monoisotopic (exact) mass is 435 g/mol. The van der Waals surface area contributed by atoms with Crippen LogP contribution in [0, 0.1) is 0 Å². The largest absolute Gasteiger partial charge is 0.336 e. The van der Waals surface area contributed by atoms with Crippen LogP contribution in [-0.4, -0.2) is 38.6 Å². The van der Waals surface area contributed by atoms with Crippen LogP contribution in [0.2, 0.25) is 0 Å². The Bertz CT molecular complexity index is 1390. The Labute approximate surface area is 177 Å². The van der Waals surface area contributed by atoms with E-state index in [9.17, 15) is 13.2 Å². The summed E-state index contributed by atoms with van der Waals surface area (Å²) in [6.45, 7) is 0. The topological polar surface area (TPSA) is 124 Å². The molecular formula is C20H17N7O3S. The van der Waals surface area contributed by atoms with E-state index >= 15 is 0 Å². The molecule has 1 aliphatic heterocycles. The Morgan fingerprint density at radius 2 is 1.84 bits per heavy atom. The van der Waals surface area contributed by atoms with Gasteiger partial charge in [-0.15, -0.1) is 5.10 Å². The molecule has 4 aromatic rings. The third kappa shape index (κ3) is 3.24. The van der Waals surface area contributed by atoms with Crippen LogP contribution in [0.5, 0.6) is 0 Å². The average molecular weight is 435 g/mol. The van der Waals surface area contributed by atoms with Gasteiger partial charge in [0, 0.05) is 19.4 Å². The number of fused-ring (bicyclic) bond motifs is 3. The SMILES string of the molecule is Cn1ccnc1[C@H](NC(=O)c1nc2n(n1)-c1ccccc1S(=O)(=O)N2)c1ccccc1. The highest BCUT2D eigenvalue weighted by atomic mass is 32.2. The predicted octanol–water partition coefficient (Wildman–Crippen LogP) is 1.63. The van der Waals surface area contributed by atoms with E-state index in [0.717, 1.165) is 5.56 Å². The first-order valence-corrected chi connectivity index (χ1v) is 10.8. The molecule has 2 aromatic heterocycles. The van der Waals surface area contributed by atoms with Crippen LogP contribution < -0.4 is 10.0 Å². The fraction of sp³-hybridized carbons (Fsp3) is 0.100. The van der Waals surface area contributed by atoms with Gasteiger partial charge in [0.1, 0.15) is 16.8 Å². The Hall–Kier alpha value is -3.99. The summed E-state index contributed by atoms with van der Waals surface area (Å²) in [6, 6.07) is 15.2. The summed E-state index contributed by atoms with van der Waals surface area (Å²) in [6.07, 6.45) is 3.44. The number of aromatic nitrogens is 5. The predicted molar refractivity (Wildman–Crippen MR) is 111 cm³/mol. The van der Waals surface area contributed by atoms with Crippen LogP contribution in [0.1, 0.15) is 28.0 Å². The molecule has 0 unspecified atom stereocenters. The van der Waals surface area contributed by atoms with E-state index in [2.05, 4.69) is 25.1 Å². The number of para-hydroxylation sites is 1. The van der Waals surface area contributed by atoms with Crippen molar-refractivity contribution in [2.24, 2.45) is 7.05 Å². The van der Waals surface area contributed by atoms with Gasteiger partial charge in [-0.25, -0.2) is 18.1 Å². The molecule has 1 amide bonds. The molecule has 0 spiro atoms. The molecule has 1 aliphatic rings. The number of nitrogens with one attached hydrogen (secondary N) is 2. The fourth-order valence-corrected chi connectivity index (χ4v) is 4.64. The smallest absolute Gasteiger partial charge is 0.291 e. The minimum Gasteiger partial charge on any atom is -0.336 e. The second-order valence-electron chi connectivity index (χ2n) is 6.96. The molecule has 1 atom stereocenters. The van der Waals surface area contributed by atoms with Gasteiger partial charge in [-0.2, -0.15) is 9.67 Å². The lowest BCUT2D eigenvalue weighted by molar-refractivity contribution is 0.0930. The number of nitrogens with zero attached hydrogens (tertiary/aromatic N) is 5. The first kappa shape index (κ1) is 19.0. The van der Waals surface area contributed by atoms with Crippen molar-refractivity contribution in [3.8, 4) is 5.69 Å². The van der Waals surface area contributed by atoms with Gasteiger partial charge in [0.15, 0.2) is 0 Å². The molecule has 0 saturated heterocycles. The molecule has 0 saturated carbocycles. The molecule has 10 nitrogen and oxygen atoms in total. The van der Waals surface area contributed by atoms with Crippen molar-refractivity contribution in [1.82, 2.24) is 29.6 Å². The zero-order valence-corrected chi connectivity index (χ0v) is 17.1. The number of imidazole rings is 1. The van der Waals surface area contributed by atoms with Gasteiger partial charge in [0.2, 0.25) is 11.8 Å². The molecule has 0 radical (unpaired) electrons. The number of sulfonamides is 1. The second kappa shape index (κ2) is 7.06. The van der Waals surface area contributed by atoms with E-state index < -0.39 is 22.0 Å². The number of benzene rings is 2. The molecule has 156 valence electrons. The lowest BCUT2D eigenvalue weighted by Crippen LogP contribution is -2.32. The molecule has 5 rings (SSSR count). The summed E-state index contributed by atoms with van der Waals surface area (Å²) in [5.41, 5.74) is 1.16. The zero-order valence-electron chi connectivity index (χ0n) is 16.3. The molecular weight excluding hydrogens is 418 g/mol. The molecule has 31 heavy (non-hydrogen) atoms. The number of carbonyl (C=O) groups is 1. The Morgan fingerprint density at radius 3 is 2.58 bits per heavy atom. The van der Waals surface area contributed by atoms with E-state index in [1.807, 2.05) is 41.9 Å². The van der Waals surface area contributed by atoms with Crippen LogP contribution in [0.25, 0.3) is 5.69 Å². The van der Waals surface area contributed by atoms with Crippen molar-refractivity contribution < 1.29 is 13.2 Å². The summed E-state index contributed by atoms with van der Waals surface area (Å²) in [4.78, 5) is 21.6. The van der Waals surface area contributed by atoms with Crippen molar-refractivity contribution in [2.75, 3.05) is 4.72 Å². The minimum absolute atomic E-state index is 0.0443. The lowest BCUT2D eigenvalue weighted by Gasteiger charge is -2.18. The van der Waals surface area contributed by atoms with E-state index in [-0.39, 0.29) is 16.7 Å². The van der Waals surface area contributed by atoms with Crippen molar-refractivity contribution >= 4 is 21.9 Å². The quantitative estimate of drug-likeness (QED) is 0.502. The van der Waals surface area contributed by atoms with Gasteiger partial charge >= 0.3 is 0 Å². The van der Waals surface area contributed by atoms with E-state index in [1.54, 1.807) is 30.6 Å². The average Bonchev–Trinajstić information content (AvgIpc) is 3.38. The van der Waals surface area contributed by atoms with Crippen molar-refractivity contribution in [2.45, 2.75) is 10.9 Å². The maximum atomic E-state index is 13.1. The molecule has 0 fully saturated rings. The third-order valence-electron chi connectivity index (χ3n) is 4.94. The number of anilines is 1. The van der Waals surface area contributed by atoms with Gasteiger partial charge in [-0.1, -0.05) is 42.5 Å². The van der Waals surface area contributed by atoms with Gasteiger partial charge < -0.3 is 9.88 Å². The maximum Gasteiger partial charge on any atom is 0.291 e. The molecule has 0 aliphatic carbocycles. The molecule has 0 bridgehead atoms. The normalized spacial score (nSPS) is 14.7. The minimum atomic E-state index is -3.79. The van der Waals surface area contributed by atoms with Crippen molar-refractivity contribution in [1.29, 1.82) is 0 Å². The number of aryl methyl sites for hydroxylation is 1. The molecule has 2 N–H and O–H groups in total. The summed E-state index contributed by atoms with van der Waals surface area (Å²) in [5.74, 6) is -0.133. The Balaban J connectivity index is 1.52. The number of amides is 1. The van der Waals surface area contributed by atoms with Crippen LogP contribution in [0.15, 0.2) is 71.9 Å². The van der Waals surface area contributed by atoms with Crippen molar-refractivity contribution in [3.05, 3.63) is 84.2 Å². The molecule has 11 heteroatoms. The fourth-order valence-electron chi connectivity index (χ4n) is 3.47. The number of carbonyl (C=O) groups excluding carboxylic acids is 1. The number of rotatable bonds is 4. The first-order valence-electron chi connectivity index (χ1n) is 9.36. The van der Waals surface area contributed by atoms with Crippen molar-refractivity contribution in [3.63, 3.8) is 0 Å². The van der Waals surface area contributed by atoms with Gasteiger partial charge in [-0.05, 0) is 17.7 Å². The highest BCUT2D eigenvalue weighted by Crippen LogP contribution is 2.29. The molecule has 3 heterocycles. The second-order valence-corrected chi connectivity index (χ2v) is 8.61. The number of hydrogen-bond donors (Lipinski definition) is 2. The number of hydrogen-bond acceptors (Lipinski definition) is 6. The van der Waals surface area contributed by atoms with Crippen LogP contribution in [0.3, 0.4) is 0 Å². The van der Waals surface area contributed by atoms with E-state index in [0.29, 0.717) is 11.5 Å². The Kier molecular flexibility index (Phi) is 4.33. The highest BCUT2D eigenvalue weighted by molar-refractivity contribution is 7.92. The van der Waals surface area contributed by atoms with Crippen LogP contribution in [0.4, 0.5) is 5.95 Å². The highest BCUT2D eigenvalue weighted by Gasteiger charge is 2.31. The molecule has 2 aromatic carbocycles. The zero-order chi connectivity index (χ0) is 21.6. The lowest BCUT2D eigenvalue weighted by atomic mass is 10.1. The summed E-state index contributed by atoms with van der Waals surface area (Å²) >= 11 is 0. The first-order chi connectivity index (χ1) is 14.9. The Morgan fingerprint density at radius 1 is 1.10 bits per heavy atom. The summed E-state index contributed by atoms with van der Waals surface area (Å²) in [5, 5.41) is 7.16. The standard InChI is InChI=1S/C20H17N7O3S/c1-26-12-11-21-18(26)16(13-7-3-2-4-8-13)22-19(28)17-23-20-25-31(29,30)15-10-6-5-9-14(15)27(20)24-17/h2-12,16H,1H3,(H,22,28)(H,23,24,25)/t16-/m1/s1. The van der Waals surface area contributed by atoms with E-state index in [1.165, 1.54) is 10.7 Å². The van der Waals surface area contributed by atoms with Crippen LogP contribution in [-0.2, 0) is 17.1 Å². The summed E-state index contributed by atoms with van der Waals surface area (Å²) < 4.78 is 30.4. The van der Waals surface area contributed by atoms with Gasteiger partial charge in [-0.3, -0.25) is 4.79 Å². The maximum absolute atomic E-state index is 13.1. The summed E-state index contributed by atoms with van der Waals surface area (Å²) in [7, 11) is -1.96. The van der Waals surface area contributed by atoms with Crippen LogP contribution >= 0.6 is 0 Å². The van der Waals surface area contributed by atoms with Gasteiger partial charge in [0.05, 0.1) is 5.69 Å².